The summed E-state index contributed by atoms with van der Waals surface area (Å²) in [5, 5.41) is 0. The molecule has 0 N–H and O–H groups in total. The van der Waals surface area contributed by atoms with Gasteiger partial charge in [-0.1, -0.05) is 24.8 Å². The van der Waals surface area contributed by atoms with Crippen molar-refractivity contribution in [2.24, 2.45) is 0 Å². The molecule has 1 radical (unpaired) electrons. The third kappa shape index (κ3) is 1.14. The Morgan fingerprint density at radius 2 is 1.88 bits per heavy atom. The minimum atomic E-state index is 0.816. The van der Waals surface area contributed by atoms with E-state index in [2.05, 4.69) is 12.6 Å². The zero-order valence-corrected chi connectivity index (χ0v) is 5.88. The molecule has 8 heavy (non-hydrogen) atoms. The van der Waals surface area contributed by atoms with Crippen LogP contribution in [-0.2, 0) is 0 Å². The van der Waals surface area contributed by atoms with E-state index in [1.807, 2.05) is 24.3 Å². The first-order chi connectivity index (χ1) is 3.80. The van der Waals surface area contributed by atoms with E-state index in [1.165, 1.54) is 0 Å². The van der Waals surface area contributed by atoms with Crippen molar-refractivity contribution in [2.75, 3.05) is 0 Å². The molecule has 2 heteroatoms. The number of thiol groups is 1. The molecule has 0 nitrogen and oxygen atoms in total. The summed E-state index contributed by atoms with van der Waals surface area (Å²) >= 11 is 8.97. The molecule has 0 saturated heterocycles. The molecule has 1 rings (SSSR count). The van der Waals surface area contributed by atoms with Crippen molar-refractivity contribution in [1.29, 1.82) is 0 Å². The maximum Gasteiger partial charge on any atom is 0.0510 e. The molecule has 0 aliphatic rings. The van der Waals surface area contributed by atoms with Gasteiger partial charge in [0, 0.05) is 4.90 Å². The topological polar surface area (TPSA) is 0 Å². The highest BCUT2D eigenvalue weighted by Gasteiger charge is 1.87. The highest BCUT2D eigenvalue weighted by molar-refractivity contribution is 7.83. The van der Waals surface area contributed by atoms with Crippen molar-refractivity contribution in [1.82, 2.24) is 0 Å². The lowest BCUT2D eigenvalue weighted by molar-refractivity contribution is 1.27. The van der Waals surface area contributed by atoms with Gasteiger partial charge < -0.3 is 0 Å². The lowest BCUT2D eigenvalue weighted by Gasteiger charge is -1.90. The quantitative estimate of drug-likeness (QED) is 0.527. The van der Waals surface area contributed by atoms with Crippen LogP contribution < -0.4 is 0 Å². The molecular formula is C6H5S2. The highest BCUT2D eigenvalue weighted by Crippen LogP contribution is 2.15. The molecule has 0 aliphatic heterocycles. The van der Waals surface area contributed by atoms with Gasteiger partial charge in [0.1, 0.15) is 0 Å². The second-order valence-corrected chi connectivity index (χ2v) is 2.39. The summed E-state index contributed by atoms with van der Waals surface area (Å²) in [4.78, 5) is 1.69. The van der Waals surface area contributed by atoms with Crippen LogP contribution in [0.4, 0.5) is 0 Å². The van der Waals surface area contributed by atoms with Crippen molar-refractivity contribution in [3.05, 3.63) is 24.3 Å². The summed E-state index contributed by atoms with van der Waals surface area (Å²) < 4.78 is 0. The monoisotopic (exact) mass is 141 g/mol. The molecule has 41 valence electrons. The van der Waals surface area contributed by atoms with Gasteiger partial charge in [-0.3, -0.25) is 0 Å². The van der Waals surface area contributed by atoms with Gasteiger partial charge >= 0.3 is 0 Å². The van der Waals surface area contributed by atoms with Gasteiger partial charge in [-0.15, -0.1) is 12.6 Å². The van der Waals surface area contributed by atoms with Crippen molar-refractivity contribution in [3.63, 3.8) is 0 Å². The molecule has 0 heterocycles. The molecule has 0 unspecified atom stereocenters. The minimum Gasteiger partial charge on any atom is -0.142 e. The first-order valence-electron chi connectivity index (χ1n) is 2.26. The molecule has 0 aromatic heterocycles. The van der Waals surface area contributed by atoms with Crippen LogP contribution in [0.25, 0.3) is 0 Å². The first kappa shape index (κ1) is 5.92. The van der Waals surface area contributed by atoms with E-state index in [-0.39, 0.29) is 0 Å². The molecule has 0 bridgehead atoms. The maximum absolute atomic E-state index is 4.88. The Labute approximate surface area is 59.7 Å². The van der Waals surface area contributed by atoms with E-state index in [1.54, 1.807) is 0 Å². The fourth-order valence-corrected chi connectivity index (χ4v) is 0.764. The van der Waals surface area contributed by atoms with E-state index in [0.717, 1.165) is 9.79 Å². The van der Waals surface area contributed by atoms with Crippen LogP contribution >= 0.6 is 25.3 Å². The molecule has 0 aliphatic carbocycles. The highest BCUT2D eigenvalue weighted by atomic mass is 32.1. The molecule has 0 spiro atoms. The zero-order chi connectivity index (χ0) is 5.98. The van der Waals surface area contributed by atoms with Crippen LogP contribution in [0.5, 0.6) is 0 Å². The lowest BCUT2D eigenvalue weighted by Crippen LogP contribution is -1.65. The van der Waals surface area contributed by atoms with Crippen molar-refractivity contribution in [2.45, 2.75) is 9.79 Å². The maximum atomic E-state index is 4.88. The second kappa shape index (κ2) is 2.37. The van der Waals surface area contributed by atoms with E-state index < -0.39 is 0 Å². The number of rotatable bonds is 0. The smallest absolute Gasteiger partial charge is 0.0510 e. The normalized spacial score (nSPS) is 9.12. The average molecular weight is 141 g/mol. The first-order valence-corrected chi connectivity index (χ1v) is 3.11. The molecule has 0 amide bonds. The van der Waals surface area contributed by atoms with Gasteiger partial charge in [-0.2, -0.15) is 0 Å². The predicted octanol–water partition coefficient (Wildman–Crippen LogP) is 2.53. The summed E-state index contributed by atoms with van der Waals surface area (Å²) in [7, 11) is 0. The summed E-state index contributed by atoms with van der Waals surface area (Å²) in [5.41, 5.74) is 0. The summed E-state index contributed by atoms with van der Waals surface area (Å²) in [6, 6.07) is 7.56. The van der Waals surface area contributed by atoms with Crippen LogP contribution in [0.1, 0.15) is 0 Å². The Balaban J connectivity index is 3.13. The van der Waals surface area contributed by atoms with E-state index >= 15 is 0 Å². The summed E-state index contributed by atoms with van der Waals surface area (Å²) in [6.07, 6.45) is 0. The number of hydrogen-bond acceptors (Lipinski definition) is 1. The minimum absolute atomic E-state index is 0.816. The summed E-state index contributed by atoms with van der Waals surface area (Å²) in [6.45, 7) is 0. The third-order valence-corrected chi connectivity index (χ3v) is 1.76. The average Bonchev–Trinajstić information content (AvgIpc) is 1.77. The zero-order valence-electron chi connectivity index (χ0n) is 4.16. The second-order valence-electron chi connectivity index (χ2n) is 1.47. The van der Waals surface area contributed by atoms with Gasteiger partial charge in [0.15, 0.2) is 0 Å². The fraction of sp³-hybridized carbons (Fsp3) is 0. The SMILES string of the molecule is [S]c1ccccc1S. The van der Waals surface area contributed by atoms with Gasteiger partial charge in [-0.25, -0.2) is 0 Å². The number of hydrogen-bond donors (Lipinski definition) is 1. The van der Waals surface area contributed by atoms with E-state index in [9.17, 15) is 0 Å². The van der Waals surface area contributed by atoms with Crippen LogP contribution in [0, 0.1) is 0 Å². The Hall–Kier alpha value is -0.210. The Kier molecular flexibility index (Phi) is 1.76. The fourth-order valence-electron chi connectivity index (χ4n) is 0.457. The van der Waals surface area contributed by atoms with E-state index in [4.69, 9.17) is 12.6 Å². The molecular weight excluding hydrogens is 136 g/mol. The molecule has 0 saturated carbocycles. The Morgan fingerprint density at radius 1 is 1.25 bits per heavy atom. The van der Waals surface area contributed by atoms with Crippen molar-refractivity contribution >= 4 is 25.3 Å². The van der Waals surface area contributed by atoms with Crippen LogP contribution in [0.15, 0.2) is 34.1 Å². The number of benzene rings is 1. The standard InChI is InChI=1S/C6H5S2/c7-5-3-1-2-4-6(5)8/h1-4,7H. The third-order valence-electron chi connectivity index (χ3n) is 0.865. The molecule has 1 aromatic rings. The molecule has 0 fully saturated rings. The molecule has 0 atom stereocenters. The van der Waals surface area contributed by atoms with Crippen molar-refractivity contribution in [3.8, 4) is 0 Å². The Morgan fingerprint density at radius 3 is 2.25 bits per heavy atom. The van der Waals surface area contributed by atoms with Crippen LogP contribution in [0.2, 0.25) is 0 Å². The van der Waals surface area contributed by atoms with Gasteiger partial charge in [0.2, 0.25) is 0 Å². The van der Waals surface area contributed by atoms with Crippen LogP contribution in [0.3, 0.4) is 0 Å². The van der Waals surface area contributed by atoms with Gasteiger partial charge in [0.25, 0.3) is 0 Å². The predicted molar refractivity (Wildman–Crippen MR) is 39.6 cm³/mol. The Bertz CT molecular complexity index is 163. The molecule has 1 aromatic carbocycles. The largest absolute Gasteiger partial charge is 0.142 e. The summed E-state index contributed by atoms with van der Waals surface area (Å²) in [5.74, 6) is 0. The lowest BCUT2D eigenvalue weighted by atomic mass is 10.4. The van der Waals surface area contributed by atoms with Crippen molar-refractivity contribution < 1.29 is 0 Å². The van der Waals surface area contributed by atoms with Gasteiger partial charge in [-0.05, 0) is 12.1 Å². The van der Waals surface area contributed by atoms with Gasteiger partial charge in [0.05, 0.1) is 4.90 Å². The van der Waals surface area contributed by atoms with Crippen LogP contribution in [-0.4, -0.2) is 0 Å². The van der Waals surface area contributed by atoms with E-state index in [0.29, 0.717) is 0 Å².